The highest BCUT2D eigenvalue weighted by Crippen LogP contribution is 2.45. The van der Waals surface area contributed by atoms with Gasteiger partial charge >= 0.3 is 11.9 Å². The number of hydrogen-bond acceptors (Lipinski definition) is 12. The highest BCUT2D eigenvalue weighted by molar-refractivity contribution is 5.91. The number of aliphatic hydroxyl groups is 5. The maximum absolute atomic E-state index is 13.1. The van der Waals surface area contributed by atoms with Crippen LogP contribution in [0, 0.1) is 23.7 Å². The summed E-state index contributed by atoms with van der Waals surface area (Å²) < 4.78 is 28.0. The summed E-state index contributed by atoms with van der Waals surface area (Å²) in [5, 5.41) is 51.3. The molecule has 2 saturated heterocycles. The first-order valence-corrected chi connectivity index (χ1v) is 13.0. The first kappa shape index (κ1) is 28.9. The molecule has 38 heavy (non-hydrogen) atoms. The minimum absolute atomic E-state index is 0.0347. The van der Waals surface area contributed by atoms with Gasteiger partial charge < -0.3 is 49.2 Å². The predicted octanol–water partition coefficient (Wildman–Crippen LogP) is -0.491. The summed E-state index contributed by atoms with van der Waals surface area (Å²) in [6, 6.07) is 0. The Bertz CT molecular complexity index is 947. The van der Waals surface area contributed by atoms with Crippen molar-refractivity contribution in [1.29, 1.82) is 0 Å². The average Bonchev–Trinajstić information content (AvgIpc) is 3.19. The normalized spacial score (nSPS) is 45.5. The largest absolute Gasteiger partial charge is 0.468 e. The fourth-order valence-corrected chi connectivity index (χ4v) is 5.90. The first-order valence-electron chi connectivity index (χ1n) is 13.0. The first-order chi connectivity index (χ1) is 18.0. The standard InChI is InChI=1S/C26H38O12/c1-4-14-15-7-19(28)34-11-17-12(2)5-6-26(17,33)13(3)9-35-23(32)16(15)10-36-24(14)38-25-22(31)21(30)20(29)18(8-27)37-25/h4,10,12-13,15,17-18,20-22,24-25,27,29-31,33H,5-9,11H2,1-3H3. The van der Waals surface area contributed by atoms with Gasteiger partial charge in [0.15, 0.2) is 6.29 Å². The van der Waals surface area contributed by atoms with Gasteiger partial charge in [-0.3, -0.25) is 4.79 Å². The molecule has 12 nitrogen and oxygen atoms in total. The lowest BCUT2D eigenvalue weighted by atomic mass is 9.78. The van der Waals surface area contributed by atoms with E-state index < -0.39 is 73.0 Å². The maximum Gasteiger partial charge on any atom is 0.337 e. The van der Waals surface area contributed by atoms with Gasteiger partial charge in [0.2, 0.25) is 6.29 Å². The number of rotatable bonds is 3. The van der Waals surface area contributed by atoms with E-state index in [-0.39, 0.29) is 37.0 Å². The zero-order chi connectivity index (χ0) is 27.8. The van der Waals surface area contributed by atoms with E-state index in [4.69, 9.17) is 23.7 Å². The van der Waals surface area contributed by atoms with E-state index >= 15 is 0 Å². The van der Waals surface area contributed by atoms with E-state index in [0.717, 1.165) is 12.7 Å². The van der Waals surface area contributed by atoms with Gasteiger partial charge in [-0.25, -0.2) is 4.79 Å². The van der Waals surface area contributed by atoms with E-state index in [1.165, 1.54) is 0 Å². The summed E-state index contributed by atoms with van der Waals surface area (Å²) in [4.78, 5) is 26.1. The Morgan fingerprint density at radius 3 is 2.53 bits per heavy atom. The van der Waals surface area contributed by atoms with Crippen LogP contribution in [0.2, 0.25) is 0 Å². The third-order valence-corrected chi connectivity index (χ3v) is 8.49. The summed E-state index contributed by atoms with van der Waals surface area (Å²) in [5.41, 5.74) is -0.724. The number of hydrogen-bond donors (Lipinski definition) is 5. The van der Waals surface area contributed by atoms with Crippen molar-refractivity contribution < 1.29 is 58.8 Å². The SMILES string of the molecule is CC=C1C(OC2OC(CO)C(O)C(O)C2O)OC=C2C(=O)OCC(C)C3(O)CCC(C)C3COC(=O)CC21. The molecule has 3 heterocycles. The number of carbonyl (C=O) groups is 2. The molecule has 0 radical (unpaired) electrons. The van der Waals surface area contributed by atoms with Gasteiger partial charge in [-0.2, -0.15) is 0 Å². The van der Waals surface area contributed by atoms with Gasteiger partial charge in [-0.1, -0.05) is 19.9 Å². The lowest BCUT2D eigenvalue weighted by molar-refractivity contribution is -0.327. The van der Waals surface area contributed by atoms with Crippen molar-refractivity contribution in [2.45, 2.75) is 82.6 Å². The van der Waals surface area contributed by atoms with Crippen LogP contribution < -0.4 is 0 Å². The second-order valence-corrected chi connectivity index (χ2v) is 10.7. The molecule has 4 aliphatic rings. The molecule has 0 amide bonds. The summed E-state index contributed by atoms with van der Waals surface area (Å²) >= 11 is 0. The lowest BCUT2D eigenvalue weighted by Crippen LogP contribution is -2.60. The molecule has 1 saturated carbocycles. The minimum Gasteiger partial charge on any atom is -0.468 e. The summed E-state index contributed by atoms with van der Waals surface area (Å²) in [6.45, 7) is 4.82. The average molecular weight is 543 g/mol. The molecule has 11 atom stereocenters. The van der Waals surface area contributed by atoms with Crippen molar-refractivity contribution in [3.8, 4) is 0 Å². The Labute approximate surface area is 220 Å². The van der Waals surface area contributed by atoms with Crippen LogP contribution in [0.25, 0.3) is 0 Å². The maximum atomic E-state index is 13.1. The van der Waals surface area contributed by atoms with Crippen molar-refractivity contribution in [2.75, 3.05) is 19.8 Å². The second kappa shape index (κ2) is 11.6. The molecule has 0 aromatic heterocycles. The van der Waals surface area contributed by atoms with E-state index in [0.29, 0.717) is 12.0 Å². The van der Waals surface area contributed by atoms with Crippen LogP contribution in [0.1, 0.15) is 40.0 Å². The number of esters is 2. The second-order valence-electron chi connectivity index (χ2n) is 10.7. The number of allylic oxidation sites excluding steroid dienone is 1. The number of ether oxygens (including phenoxy) is 5. The minimum atomic E-state index is -1.67. The van der Waals surface area contributed by atoms with Gasteiger partial charge in [0.1, 0.15) is 24.4 Å². The summed E-state index contributed by atoms with van der Waals surface area (Å²) in [5.74, 6) is -2.73. The van der Waals surface area contributed by atoms with Gasteiger partial charge in [0, 0.05) is 23.3 Å². The summed E-state index contributed by atoms with van der Waals surface area (Å²) in [6.07, 6.45) is -5.04. The third-order valence-electron chi connectivity index (χ3n) is 8.49. The predicted molar refractivity (Wildman–Crippen MR) is 128 cm³/mol. The molecule has 3 aliphatic heterocycles. The highest BCUT2D eigenvalue weighted by Gasteiger charge is 2.51. The molecule has 0 aromatic rings. The lowest BCUT2D eigenvalue weighted by Gasteiger charge is -2.42. The molecular weight excluding hydrogens is 504 g/mol. The van der Waals surface area contributed by atoms with Crippen molar-refractivity contribution in [2.24, 2.45) is 23.7 Å². The zero-order valence-corrected chi connectivity index (χ0v) is 21.8. The molecule has 1 aliphatic carbocycles. The van der Waals surface area contributed by atoms with Crippen LogP contribution in [0.4, 0.5) is 0 Å². The van der Waals surface area contributed by atoms with Crippen LogP contribution in [0.15, 0.2) is 23.5 Å². The molecule has 12 heteroatoms. The number of aliphatic hydroxyl groups excluding tert-OH is 4. The van der Waals surface area contributed by atoms with E-state index in [1.54, 1.807) is 19.9 Å². The Hall–Kier alpha value is -2.06. The molecule has 0 aromatic carbocycles. The van der Waals surface area contributed by atoms with Gasteiger partial charge in [-0.15, -0.1) is 0 Å². The fraction of sp³-hybridized carbons (Fsp3) is 0.769. The zero-order valence-electron chi connectivity index (χ0n) is 21.8. The molecule has 214 valence electrons. The number of carbonyl (C=O) groups excluding carboxylic acids is 2. The Kier molecular flexibility index (Phi) is 8.82. The smallest absolute Gasteiger partial charge is 0.337 e. The van der Waals surface area contributed by atoms with Gasteiger partial charge in [0.05, 0.1) is 43.7 Å². The number of fused-ring (bicyclic) bond motifs is 2. The molecule has 0 bridgehead atoms. The quantitative estimate of drug-likeness (QED) is 0.228. The number of cyclic esters (lactones) is 2. The van der Waals surface area contributed by atoms with Crippen molar-refractivity contribution in [3.63, 3.8) is 0 Å². The fourth-order valence-electron chi connectivity index (χ4n) is 5.90. The van der Waals surface area contributed by atoms with Crippen molar-refractivity contribution in [3.05, 3.63) is 23.5 Å². The molecule has 3 fully saturated rings. The highest BCUT2D eigenvalue weighted by atomic mass is 16.8. The van der Waals surface area contributed by atoms with E-state index in [9.17, 15) is 35.1 Å². The molecule has 5 N–H and O–H groups in total. The van der Waals surface area contributed by atoms with Crippen LogP contribution >= 0.6 is 0 Å². The van der Waals surface area contributed by atoms with E-state index in [1.807, 2.05) is 6.92 Å². The Morgan fingerprint density at radius 1 is 1.11 bits per heavy atom. The molecular formula is C26H38O12. The topological polar surface area (TPSA) is 181 Å². The van der Waals surface area contributed by atoms with Crippen LogP contribution in [-0.4, -0.2) is 99.9 Å². The molecule has 11 unspecified atom stereocenters. The van der Waals surface area contributed by atoms with Crippen LogP contribution in [0.3, 0.4) is 0 Å². The Balaban J connectivity index is 1.57. The van der Waals surface area contributed by atoms with Crippen molar-refractivity contribution in [1.82, 2.24) is 0 Å². The van der Waals surface area contributed by atoms with E-state index in [2.05, 4.69) is 0 Å². The van der Waals surface area contributed by atoms with Gasteiger partial charge in [-0.05, 0) is 25.7 Å². The summed E-state index contributed by atoms with van der Waals surface area (Å²) in [7, 11) is 0. The molecule has 0 spiro atoms. The Morgan fingerprint density at radius 2 is 1.84 bits per heavy atom. The third kappa shape index (κ3) is 5.35. The monoisotopic (exact) mass is 542 g/mol. The van der Waals surface area contributed by atoms with Gasteiger partial charge in [0.25, 0.3) is 0 Å². The van der Waals surface area contributed by atoms with Crippen molar-refractivity contribution >= 4 is 11.9 Å². The van der Waals surface area contributed by atoms with Crippen LogP contribution in [0.5, 0.6) is 0 Å². The van der Waals surface area contributed by atoms with Crippen LogP contribution in [-0.2, 0) is 33.3 Å². The molecule has 4 rings (SSSR count).